The molecule has 2 aromatic rings. The van der Waals surface area contributed by atoms with Gasteiger partial charge in [-0.2, -0.15) is 0 Å². The van der Waals surface area contributed by atoms with E-state index in [0.29, 0.717) is 21.3 Å². The molecule has 0 aromatic heterocycles. The highest BCUT2D eigenvalue weighted by Crippen LogP contribution is 2.33. The topological polar surface area (TPSA) is 55.1 Å². The summed E-state index contributed by atoms with van der Waals surface area (Å²) in [6.07, 6.45) is 0. The first kappa shape index (κ1) is 15.6. The predicted octanol–water partition coefficient (Wildman–Crippen LogP) is 3.95. The second-order valence-corrected chi connectivity index (χ2v) is 5.59. The fourth-order valence-corrected chi connectivity index (χ4v) is 2.48. The summed E-state index contributed by atoms with van der Waals surface area (Å²) in [5, 5.41) is 3.68. The van der Waals surface area contributed by atoms with Crippen LogP contribution in [0.25, 0.3) is 0 Å². The molecule has 0 aliphatic rings. The van der Waals surface area contributed by atoms with Gasteiger partial charge < -0.3 is 11.1 Å². The Hall–Kier alpha value is -1.78. The van der Waals surface area contributed by atoms with E-state index in [0.717, 1.165) is 0 Å². The zero-order chi connectivity index (χ0) is 15.6. The lowest BCUT2D eigenvalue weighted by Gasteiger charge is -2.30. The van der Waals surface area contributed by atoms with Gasteiger partial charge in [0.15, 0.2) is 0 Å². The molecular weight excluding hydrogens is 314 g/mol. The number of primary amides is 1. The standard InChI is InChI=1S/C15H13Cl2FN2O/c1-15(14(19)21,12-7-9(16)5-6-13(12)17)20-11-4-2-3-10(18)8-11/h2-8,20H,1H3,(H2,19,21). The quantitative estimate of drug-likeness (QED) is 0.893. The van der Waals surface area contributed by atoms with Crippen LogP contribution < -0.4 is 11.1 Å². The monoisotopic (exact) mass is 326 g/mol. The Labute approximate surface area is 131 Å². The molecule has 0 saturated carbocycles. The molecule has 2 aromatic carbocycles. The van der Waals surface area contributed by atoms with E-state index in [4.69, 9.17) is 28.9 Å². The summed E-state index contributed by atoms with van der Waals surface area (Å²) < 4.78 is 13.3. The fourth-order valence-electron chi connectivity index (χ4n) is 2.00. The molecule has 21 heavy (non-hydrogen) atoms. The molecule has 1 amide bonds. The minimum Gasteiger partial charge on any atom is -0.368 e. The van der Waals surface area contributed by atoms with E-state index in [1.54, 1.807) is 31.2 Å². The lowest BCUT2D eigenvalue weighted by Crippen LogP contribution is -2.45. The van der Waals surface area contributed by atoms with Gasteiger partial charge in [-0.1, -0.05) is 29.3 Å². The molecule has 1 unspecified atom stereocenters. The highest BCUT2D eigenvalue weighted by atomic mass is 35.5. The van der Waals surface area contributed by atoms with Crippen molar-refractivity contribution in [1.29, 1.82) is 0 Å². The minimum absolute atomic E-state index is 0.338. The van der Waals surface area contributed by atoms with Crippen LogP contribution in [-0.2, 0) is 10.3 Å². The number of halogens is 3. The molecule has 2 rings (SSSR count). The van der Waals surface area contributed by atoms with Crippen LogP contribution in [0.3, 0.4) is 0 Å². The first-order valence-corrected chi connectivity index (χ1v) is 6.88. The molecule has 0 aliphatic carbocycles. The van der Waals surface area contributed by atoms with Gasteiger partial charge in [0.2, 0.25) is 5.91 Å². The Kier molecular flexibility index (Phi) is 4.40. The van der Waals surface area contributed by atoms with E-state index in [1.807, 2.05) is 0 Å². The lowest BCUT2D eigenvalue weighted by atomic mass is 9.90. The summed E-state index contributed by atoms with van der Waals surface area (Å²) in [5.41, 5.74) is 5.02. The first-order chi connectivity index (χ1) is 9.83. The van der Waals surface area contributed by atoms with Gasteiger partial charge in [0.25, 0.3) is 0 Å². The third-order valence-electron chi connectivity index (χ3n) is 3.18. The molecule has 0 spiro atoms. The third kappa shape index (κ3) is 3.28. The largest absolute Gasteiger partial charge is 0.368 e. The summed E-state index contributed by atoms with van der Waals surface area (Å²) in [6.45, 7) is 1.57. The Morgan fingerprint density at radius 2 is 1.95 bits per heavy atom. The summed E-state index contributed by atoms with van der Waals surface area (Å²) in [6, 6.07) is 10.5. The van der Waals surface area contributed by atoms with Crippen molar-refractivity contribution in [3.05, 3.63) is 63.9 Å². The fraction of sp³-hybridized carbons (Fsp3) is 0.133. The molecule has 0 fully saturated rings. The summed E-state index contributed by atoms with van der Waals surface area (Å²) in [7, 11) is 0. The van der Waals surface area contributed by atoms with Crippen molar-refractivity contribution < 1.29 is 9.18 Å². The number of nitrogens with two attached hydrogens (primary N) is 1. The number of hydrogen-bond acceptors (Lipinski definition) is 2. The number of hydrogen-bond donors (Lipinski definition) is 2. The van der Waals surface area contributed by atoms with Gasteiger partial charge in [0, 0.05) is 21.3 Å². The average molecular weight is 327 g/mol. The molecular formula is C15H13Cl2FN2O. The van der Waals surface area contributed by atoms with E-state index in [9.17, 15) is 9.18 Å². The maximum atomic E-state index is 13.3. The van der Waals surface area contributed by atoms with Gasteiger partial charge in [-0.15, -0.1) is 0 Å². The summed E-state index contributed by atoms with van der Waals surface area (Å²) >= 11 is 12.1. The van der Waals surface area contributed by atoms with Crippen molar-refractivity contribution >= 4 is 34.8 Å². The number of carbonyl (C=O) groups excluding carboxylic acids is 1. The van der Waals surface area contributed by atoms with E-state index < -0.39 is 17.3 Å². The molecule has 0 saturated heterocycles. The molecule has 0 heterocycles. The zero-order valence-corrected chi connectivity index (χ0v) is 12.7. The first-order valence-electron chi connectivity index (χ1n) is 6.12. The van der Waals surface area contributed by atoms with Crippen LogP contribution >= 0.6 is 23.2 Å². The Bertz CT molecular complexity index is 693. The molecule has 0 aliphatic heterocycles. The molecule has 1 atom stereocenters. The smallest absolute Gasteiger partial charge is 0.247 e. The van der Waals surface area contributed by atoms with E-state index >= 15 is 0 Å². The van der Waals surface area contributed by atoms with Crippen LogP contribution in [0.5, 0.6) is 0 Å². The second-order valence-electron chi connectivity index (χ2n) is 4.75. The van der Waals surface area contributed by atoms with Gasteiger partial charge in [0.05, 0.1) is 0 Å². The number of anilines is 1. The van der Waals surface area contributed by atoms with E-state index in [1.165, 1.54) is 18.2 Å². The van der Waals surface area contributed by atoms with Crippen molar-refractivity contribution in [2.45, 2.75) is 12.5 Å². The number of carbonyl (C=O) groups is 1. The summed E-state index contributed by atoms with van der Waals surface area (Å²) in [4.78, 5) is 11.9. The average Bonchev–Trinajstić information content (AvgIpc) is 2.41. The van der Waals surface area contributed by atoms with Gasteiger partial charge in [0.1, 0.15) is 11.4 Å². The van der Waals surface area contributed by atoms with Crippen LogP contribution in [0.1, 0.15) is 12.5 Å². The highest BCUT2D eigenvalue weighted by Gasteiger charge is 2.35. The normalized spacial score (nSPS) is 13.5. The second kappa shape index (κ2) is 5.92. The third-order valence-corrected chi connectivity index (χ3v) is 3.74. The van der Waals surface area contributed by atoms with Gasteiger partial charge in [-0.3, -0.25) is 4.79 Å². The van der Waals surface area contributed by atoms with Gasteiger partial charge in [-0.25, -0.2) is 4.39 Å². The zero-order valence-electron chi connectivity index (χ0n) is 11.2. The van der Waals surface area contributed by atoms with Crippen LogP contribution in [0.2, 0.25) is 10.0 Å². The molecule has 110 valence electrons. The van der Waals surface area contributed by atoms with Crippen LogP contribution in [0.4, 0.5) is 10.1 Å². The highest BCUT2D eigenvalue weighted by molar-refractivity contribution is 6.34. The van der Waals surface area contributed by atoms with Crippen molar-refractivity contribution in [1.82, 2.24) is 0 Å². The Balaban J connectivity index is 2.50. The predicted molar refractivity (Wildman–Crippen MR) is 83.0 cm³/mol. The maximum absolute atomic E-state index is 13.3. The number of benzene rings is 2. The van der Waals surface area contributed by atoms with Crippen molar-refractivity contribution in [2.75, 3.05) is 5.32 Å². The summed E-state index contributed by atoms with van der Waals surface area (Å²) in [5.74, 6) is -1.08. The van der Waals surface area contributed by atoms with Crippen LogP contribution in [-0.4, -0.2) is 5.91 Å². The van der Waals surface area contributed by atoms with Crippen molar-refractivity contribution in [3.8, 4) is 0 Å². The Morgan fingerprint density at radius 3 is 2.57 bits per heavy atom. The number of rotatable bonds is 4. The van der Waals surface area contributed by atoms with Crippen LogP contribution in [0.15, 0.2) is 42.5 Å². The minimum atomic E-state index is -1.32. The van der Waals surface area contributed by atoms with Gasteiger partial charge in [-0.05, 0) is 43.3 Å². The van der Waals surface area contributed by atoms with Crippen molar-refractivity contribution in [2.24, 2.45) is 5.73 Å². The molecule has 0 bridgehead atoms. The number of nitrogens with one attached hydrogen (secondary N) is 1. The van der Waals surface area contributed by atoms with Crippen molar-refractivity contribution in [3.63, 3.8) is 0 Å². The molecule has 6 heteroatoms. The Morgan fingerprint density at radius 1 is 1.24 bits per heavy atom. The SMILES string of the molecule is CC(Nc1cccc(F)c1)(C(N)=O)c1cc(Cl)ccc1Cl. The number of amides is 1. The molecule has 3 nitrogen and oxygen atoms in total. The van der Waals surface area contributed by atoms with Crippen LogP contribution in [0, 0.1) is 5.82 Å². The maximum Gasteiger partial charge on any atom is 0.247 e. The lowest BCUT2D eigenvalue weighted by molar-refractivity contribution is -0.122. The molecule has 3 N–H and O–H groups in total. The van der Waals surface area contributed by atoms with Gasteiger partial charge >= 0.3 is 0 Å². The van der Waals surface area contributed by atoms with E-state index in [-0.39, 0.29) is 0 Å². The molecule has 0 radical (unpaired) electrons. The van der Waals surface area contributed by atoms with E-state index in [2.05, 4.69) is 5.32 Å².